The van der Waals surface area contributed by atoms with Crippen LogP contribution in [0.15, 0.2) is 16.5 Å². The number of furan rings is 1. The van der Waals surface area contributed by atoms with Crippen molar-refractivity contribution in [2.45, 2.75) is 39.7 Å². The number of carboxylic acid groups (broad SMARTS) is 1. The number of amides is 1. The fourth-order valence-electron chi connectivity index (χ4n) is 1.84. The van der Waals surface area contributed by atoms with Gasteiger partial charge in [0.2, 0.25) is 0 Å². The zero-order valence-electron chi connectivity index (χ0n) is 11.0. The van der Waals surface area contributed by atoms with Gasteiger partial charge in [0, 0.05) is 19.0 Å². The van der Waals surface area contributed by atoms with E-state index in [1.807, 2.05) is 13.8 Å². The van der Waals surface area contributed by atoms with Gasteiger partial charge in [-0.1, -0.05) is 6.92 Å². The van der Waals surface area contributed by atoms with Gasteiger partial charge in [-0.2, -0.15) is 0 Å². The molecule has 18 heavy (non-hydrogen) atoms. The number of hydrogen-bond acceptors (Lipinski definition) is 3. The maximum Gasteiger partial charge on any atom is 0.305 e. The number of carbonyl (C=O) groups is 2. The number of carboxylic acids is 1. The molecule has 0 aliphatic carbocycles. The highest BCUT2D eigenvalue weighted by atomic mass is 16.4. The molecule has 1 N–H and O–H groups in total. The van der Waals surface area contributed by atoms with Crippen LogP contribution in [-0.2, 0) is 11.2 Å². The Kier molecular flexibility index (Phi) is 4.95. The van der Waals surface area contributed by atoms with Gasteiger partial charge in [0.1, 0.15) is 5.76 Å². The third kappa shape index (κ3) is 3.35. The van der Waals surface area contributed by atoms with Crippen molar-refractivity contribution in [1.82, 2.24) is 4.90 Å². The molecule has 1 aromatic rings. The van der Waals surface area contributed by atoms with Gasteiger partial charge in [-0.05, 0) is 26.0 Å². The van der Waals surface area contributed by atoms with Gasteiger partial charge in [-0.25, -0.2) is 0 Å². The summed E-state index contributed by atoms with van der Waals surface area (Å²) in [5.41, 5.74) is 0. The molecule has 1 atom stereocenters. The smallest absolute Gasteiger partial charge is 0.305 e. The number of rotatable bonds is 6. The van der Waals surface area contributed by atoms with Crippen molar-refractivity contribution >= 4 is 11.9 Å². The van der Waals surface area contributed by atoms with E-state index >= 15 is 0 Å². The molecule has 1 heterocycles. The summed E-state index contributed by atoms with van der Waals surface area (Å²) in [6.07, 6.45) is 0.658. The van der Waals surface area contributed by atoms with Crippen molar-refractivity contribution in [3.05, 3.63) is 23.7 Å². The van der Waals surface area contributed by atoms with E-state index < -0.39 is 5.97 Å². The molecule has 0 aliphatic heterocycles. The van der Waals surface area contributed by atoms with Gasteiger partial charge in [0.25, 0.3) is 5.91 Å². The average molecular weight is 253 g/mol. The van der Waals surface area contributed by atoms with Gasteiger partial charge in [-0.15, -0.1) is 0 Å². The fraction of sp³-hybridized carbons (Fsp3) is 0.538. The van der Waals surface area contributed by atoms with Crippen molar-refractivity contribution in [3.63, 3.8) is 0 Å². The number of aliphatic carboxylic acids is 1. The van der Waals surface area contributed by atoms with Crippen LogP contribution in [0.2, 0.25) is 0 Å². The van der Waals surface area contributed by atoms with Gasteiger partial charge in [-0.3, -0.25) is 9.59 Å². The molecule has 0 aliphatic rings. The third-order valence-corrected chi connectivity index (χ3v) is 2.82. The predicted molar refractivity (Wildman–Crippen MR) is 66.5 cm³/mol. The summed E-state index contributed by atoms with van der Waals surface area (Å²) in [7, 11) is 0. The zero-order chi connectivity index (χ0) is 13.7. The SMILES string of the molecule is CCc1ccc(C(=O)N(CC)C(C)CC(=O)O)o1. The van der Waals surface area contributed by atoms with Gasteiger partial charge in [0.15, 0.2) is 5.76 Å². The number of hydrogen-bond donors (Lipinski definition) is 1. The van der Waals surface area contributed by atoms with E-state index in [9.17, 15) is 9.59 Å². The first-order chi connectivity index (χ1) is 8.49. The van der Waals surface area contributed by atoms with Crippen LogP contribution in [-0.4, -0.2) is 34.5 Å². The van der Waals surface area contributed by atoms with Crippen LogP contribution in [0, 0.1) is 0 Å². The quantitative estimate of drug-likeness (QED) is 0.843. The lowest BCUT2D eigenvalue weighted by molar-refractivity contribution is -0.138. The second-order valence-corrected chi connectivity index (χ2v) is 4.16. The van der Waals surface area contributed by atoms with Gasteiger partial charge >= 0.3 is 5.97 Å². The summed E-state index contributed by atoms with van der Waals surface area (Å²) in [4.78, 5) is 24.4. The van der Waals surface area contributed by atoms with Crippen molar-refractivity contribution in [2.75, 3.05) is 6.54 Å². The Morgan fingerprint density at radius 1 is 1.39 bits per heavy atom. The molecular weight excluding hydrogens is 234 g/mol. The summed E-state index contributed by atoms with van der Waals surface area (Å²) < 4.78 is 5.39. The Labute approximate surface area is 106 Å². The molecule has 1 unspecified atom stereocenters. The third-order valence-electron chi connectivity index (χ3n) is 2.82. The van der Waals surface area contributed by atoms with E-state index in [2.05, 4.69) is 0 Å². The predicted octanol–water partition coefficient (Wildman–Crippen LogP) is 2.17. The van der Waals surface area contributed by atoms with Gasteiger partial charge < -0.3 is 14.4 Å². The Balaban J connectivity index is 2.81. The normalized spacial score (nSPS) is 12.2. The number of nitrogens with zero attached hydrogens (tertiary/aromatic N) is 1. The highest BCUT2D eigenvalue weighted by molar-refractivity contribution is 5.92. The lowest BCUT2D eigenvalue weighted by Gasteiger charge is -2.25. The van der Waals surface area contributed by atoms with E-state index in [0.29, 0.717) is 6.54 Å². The van der Waals surface area contributed by atoms with E-state index in [0.717, 1.165) is 12.2 Å². The van der Waals surface area contributed by atoms with Crippen LogP contribution < -0.4 is 0 Å². The maximum absolute atomic E-state index is 12.2. The Morgan fingerprint density at radius 3 is 2.50 bits per heavy atom. The van der Waals surface area contributed by atoms with Crippen molar-refractivity contribution in [2.24, 2.45) is 0 Å². The molecule has 5 heteroatoms. The maximum atomic E-state index is 12.2. The van der Waals surface area contributed by atoms with Crippen LogP contribution in [0.4, 0.5) is 0 Å². The summed E-state index contributed by atoms with van der Waals surface area (Å²) in [6.45, 7) is 5.94. The standard InChI is InChI=1S/C13H19NO4/c1-4-10-6-7-11(18-10)13(17)14(5-2)9(3)8-12(15)16/h6-7,9H,4-5,8H2,1-3H3,(H,15,16). The molecule has 0 saturated carbocycles. The first-order valence-corrected chi connectivity index (χ1v) is 6.11. The van der Waals surface area contributed by atoms with Crippen LogP contribution in [0.25, 0.3) is 0 Å². The first-order valence-electron chi connectivity index (χ1n) is 6.11. The average Bonchev–Trinajstić information content (AvgIpc) is 2.77. The highest BCUT2D eigenvalue weighted by Crippen LogP contribution is 2.14. The molecule has 5 nitrogen and oxygen atoms in total. The summed E-state index contributed by atoms with van der Waals surface area (Å²) in [5.74, 6) is -0.153. The highest BCUT2D eigenvalue weighted by Gasteiger charge is 2.24. The second kappa shape index (κ2) is 6.23. The van der Waals surface area contributed by atoms with Crippen molar-refractivity contribution < 1.29 is 19.1 Å². The Bertz CT molecular complexity index is 424. The molecule has 0 spiro atoms. The molecule has 0 aromatic carbocycles. The molecule has 0 saturated heterocycles. The monoisotopic (exact) mass is 253 g/mol. The first kappa shape index (κ1) is 14.3. The minimum absolute atomic E-state index is 0.0685. The van der Waals surface area contributed by atoms with Crippen molar-refractivity contribution in [3.8, 4) is 0 Å². The van der Waals surface area contributed by atoms with E-state index in [1.165, 1.54) is 4.90 Å². The molecule has 0 radical (unpaired) electrons. The molecule has 1 rings (SSSR count). The lowest BCUT2D eigenvalue weighted by atomic mass is 10.2. The summed E-state index contributed by atoms with van der Waals surface area (Å²) in [5, 5.41) is 8.76. The van der Waals surface area contributed by atoms with Crippen LogP contribution in [0.1, 0.15) is 43.5 Å². The fourth-order valence-corrected chi connectivity index (χ4v) is 1.84. The molecule has 1 aromatic heterocycles. The van der Waals surface area contributed by atoms with E-state index in [-0.39, 0.29) is 24.1 Å². The van der Waals surface area contributed by atoms with Crippen LogP contribution in [0.3, 0.4) is 0 Å². The largest absolute Gasteiger partial charge is 0.481 e. The van der Waals surface area contributed by atoms with Gasteiger partial charge in [0.05, 0.1) is 6.42 Å². The van der Waals surface area contributed by atoms with Crippen molar-refractivity contribution in [1.29, 1.82) is 0 Å². The summed E-state index contributed by atoms with van der Waals surface area (Å²) in [6, 6.07) is 3.05. The Morgan fingerprint density at radius 2 is 2.06 bits per heavy atom. The second-order valence-electron chi connectivity index (χ2n) is 4.16. The minimum atomic E-state index is -0.914. The minimum Gasteiger partial charge on any atom is -0.481 e. The summed E-state index contributed by atoms with van der Waals surface area (Å²) >= 11 is 0. The van der Waals surface area contributed by atoms with E-state index in [4.69, 9.17) is 9.52 Å². The molecular formula is C13H19NO4. The molecule has 0 bridgehead atoms. The van der Waals surface area contributed by atoms with E-state index in [1.54, 1.807) is 19.1 Å². The topological polar surface area (TPSA) is 70.8 Å². The number of aryl methyl sites for hydroxylation is 1. The number of carbonyl (C=O) groups excluding carboxylic acids is 1. The molecule has 1 amide bonds. The molecule has 0 fully saturated rings. The Hall–Kier alpha value is -1.78. The van der Waals surface area contributed by atoms with Crippen LogP contribution in [0.5, 0.6) is 0 Å². The lowest BCUT2D eigenvalue weighted by Crippen LogP contribution is -2.39. The van der Waals surface area contributed by atoms with Crippen LogP contribution >= 0.6 is 0 Å². The molecule has 100 valence electrons. The zero-order valence-corrected chi connectivity index (χ0v) is 11.0.